The van der Waals surface area contributed by atoms with Gasteiger partial charge in [0.05, 0.1) is 12.7 Å². The molecule has 2 aromatic rings. The molecule has 12 nitrogen and oxygen atoms in total. The van der Waals surface area contributed by atoms with Crippen molar-refractivity contribution in [3.8, 4) is 6.01 Å². The van der Waals surface area contributed by atoms with E-state index in [1.165, 1.54) is 38.4 Å². The van der Waals surface area contributed by atoms with Crippen LogP contribution in [0, 0.1) is 6.92 Å². The Kier molecular flexibility index (Phi) is 5.60. The molecule has 27 heavy (non-hydrogen) atoms. The molecule has 0 spiro atoms. The van der Waals surface area contributed by atoms with Gasteiger partial charge in [0.2, 0.25) is 0 Å². The number of carbonyl (C=O) groups is 2. The fourth-order valence-corrected chi connectivity index (χ4v) is 4.64. The van der Waals surface area contributed by atoms with Gasteiger partial charge in [0.1, 0.15) is 12.0 Å². The number of rotatable bonds is 5. The number of nitrogens with one attached hydrogen (secondary N) is 1. The first-order valence-corrected chi connectivity index (χ1v) is 9.58. The summed E-state index contributed by atoms with van der Waals surface area (Å²) in [6.45, 7) is 1.49. The molecule has 0 atom stereocenters. The third-order valence-corrected chi connectivity index (χ3v) is 5.86. The summed E-state index contributed by atoms with van der Waals surface area (Å²) in [6.07, 6.45) is 0. The molecule has 0 saturated carbocycles. The van der Waals surface area contributed by atoms with Crippen LogP contribution in [0.2, 0.25) is 0 Å². The highest BCUT2D eigenvalue weighted by Gasteiger charge is 2.31. The van der Waals surface area contributed by atoms with Crippen LogP contribution >= 0.6 is 11.3 Å². The minimum absolute atomic E-state index is 0.0878. The first-order valence-electron chi connectivity index (χ1n) is 7.22. The Morgan fingerprint density at radius 2 is 1.93 bits per heavy atom. The summed E-state index contributed by atoms with van der Waals surface area (Å²) in [5.74, 6) is -0.547. The summed E-state index contributed by atoms with van der Waals surface area (Å²) in [4.78, 5) is 42.5. The number of ether oxygens (including phenoxy) is 1. The van der Waals surface area contributed by atoms with Gasteiger partial charge in [-0.05, 0) is 6.92 Å². The van der Waals surface area contributed by atoms with Crippen LogP contribution in [-0.2, 0) is 10.0 Å². The van der Waals surface area contributed by atoms with Crippen molar-refractivity contribution >= 4 is 33.3 Å². The molecule has 0 aromatic carbocycles. The van der Waals surface area contributed by atoms with Crippen LogP contribution in [0.4, 0.5) is 4.79 Å². The predicted molar refractivity (Wildman–Crippen MR) is 93.7 cm³/mol. The van der Waals surface area contributed by atoms with Gasteiger partial charge in [-0.1, -0.05) is 4.73 Å². The molecule has 14 heteroatoms. The van der Waals surface area contributed by atoms with Gasteiger partial charge in [-0.2, -0.15) is 0 Å². The number of sulfonamides is 1. The van der Waals surface area contributed by atoms with Gasteiger partial charge >= 0.3 is 17.7 Å². The van der Waals surface area contributed by atoms with Crippen LogP contribution < -0.4 is 20.0 Å². The van der Waals surface area contributed by atoms with E-state index in [4.69, 9.17) is 9.57 Å². The molecule has 2 rings (SSSR count). The van der Waals surface area contributed by atoms with Crippen LogP contribution in [0.1, 0.15) is 15.2 Å². The quantitative estimate of drug-likeness (QED) is 0.659. The van der Waals surface area contributed by atoms with Crippen LogP contribution in [-0.4, -0.2) is 68.1 Å². The van der Waals surface area contributed by atoms with E-state index >= 15 is 0 Å². The van der Waals surface area contributed by atoms with Crippen LogP contribution in [0.5, 0.6) is 6.01 Å². The van der Waals surface area contributed by atoms with E-state index in [-0.39, 0.29) is 21.2 Å². The Bertz CT molecular complexity index is 1050. The molecule has 2 aromatic heterocycles. The van der Waals surface area contributed by atoms with Gasteiger partial charge in [0, 0.05) is 24.4 Å². The van der Waals surface area contributed by atoms with Crippen molar-refractivity contribution in [2.24, 2.45) is 0 Å². The molecule has 2 amide bonds. The van der Waals surface area contributed by atoms with E-state index in [9.17, 15) is 22.8 Å². The average molecular weight is 419 g/mol. The second kappa shape index (κ2) is 7.40. The van der Waals surface area contributed by atoms with Gasteiger partial charge in [-0.15, -0.1) is 21.1 Å². The monoisotopic (exact) mass is 419 g/mol. The zero-order valence-corrected chi connectivity index (χ0v) is 16.7. The second-order valence-corrected chi connectivity index (χ2v) is 8.01. The summed E-state index contributed by atoms with van der Waals surface area (Å²) in [6, 6.07) is -1.71. The van der Waals surface area contributed by atoms with Crippen molar-refractivity contribution in [1.29, 1.82) is 0 Å². The number of thiophene rings is 1. The zero-order chi connectivity index (χ0) is 20.5. The largest absolute Gasteiger partial charge is 0.465 e. The first-order chi connectivity index (χ1) is 12.5. The molecule has 1 N–H and O–H groups in total. The van der Waals surface area contributed by atoms with Gasteiger partial charge < -0.3 is 14.5 Å². The van der Waals surface area contributed by atoms with E-state index < -0.39 is 27.7 Å². The number of nitrogens with zero attached hydrogens (tertiary/aromatic N) is 4. The molecule has 2 heterocycles. The maximum absolute atomic E-state index is 12.7. The lowest BCUT2D eigenvalue weighted by molar-refractivity contribution is 0.0824. The van der Waals surface area contributed by atoms with Crippen molar-refractivity contribution in [2.45, 2.75) is 11.8 Å². The summed E-state index contributed by atoms with van der Waals surface area (Å²) in [5.41, 5.74) is -1.16. The lowest BCUT2D eigenvalue weighted by Crippen LogP contribution is -2.41. The fraction of sp³-hybridized carbons (Fsp3) is 0.385. The highest BCUT2D eigenvalue weighted by molar-refractivity contribution is 7.90. The van der Waals surface area contributed by atoms with Crippen molar-refractivity contribution in [3.63, 3.8) is 0 Å². The van der Waals surface area contributed by atoms with E-state index in [1.807, 2.05) is 0 Å². The van der Waals surface area contributed by atoms with E-state index in [2.05, 4.69) is 5.10 Å². The molecule has 0 aliphatic rings. The molecule has 0 unspecified atom stereocenters. The predicted octanol–water partition coefficient (Wildman–Crippen LogP) is -0.870. The van der Waals surface area contributed by atoms with Gasteiger partial charge in [-0.3, -0.25) is 4.79 Å². The van der Waals surface area contributed by atoms with Crippen molar-refractivity contribution in [1.82, 2.24) is 24.1 Å². The Hall–Kier alpha value is -2.87. The maximum Gasteiger partial charge on any atom is 0.391 e. The minimum Gasteiger partial charge on any atom is -0.465 e. The topological polar surface area (TPSA) is 142 Å². The second-order valence-electron chi connectivity index (χ2n) is 5.30. The van der Waals surface area contributed by atoms with Crippen LogP contribution in [0.25, 0.3) is 0 Å². The summed E-state index contributed by atoms with van der Waals surface area (Å²) >= 11 is 1.04. The van der Waals surface area contributed by atoms with Crippen molar-refractivity contribution in [3.05, 3.63) is 26.3 Å². The summed E-state index contributed by atoms with van der Waals surface area (Å²) < 4.78 is 32.6. The highest BCUT2D eigenvalue weighted by atomic mass is 32.2. The summed E-state index contributed by atoms with van der Waals surface area (Å²) in [7, 11) is 0.788. The third-order valence-electron chi connectivity index (χ3n) is 3.32. The number of amides is 2. The van der Waals surface area contributed by atoms with Crippen LogP contribution in [0.15, 0.2) is 15.1 Å². The van der Waals surface area contributed by atoms with Gasteiger partial charge in [0.25, 0.3) is 15.9 Å². The lowest BCUT2D eigenvalue weighted by atomic mass is 10.3. The van der Waals surface area contributed by atoms with Crippen molar-refractivity contribution in [2.75, 3.05) is 28.3 Å². The lowest BCUT2D eigenvalue weighted by Gasteiger charge is -2.12. The molecular weight excluding hydrogens is 402 g/mol. The highest BCUT2D eigenvalue weighted by Crippen LogP contribution is 2.27. The van der Waals surface area contributed by atoms with Gasteiger partial charge in [0.15, 0.2) is 0 Å². The Labute approximate surface area is 157 Å². The van der Waals surface area contributed by atoms with Gasteiger partial charge in [-0.25, -0.2) is 22.7 Å². The number of hydrogen-bond acceptors (Lipinski definition) is 9. The summed E-state index contributed by atoms with van der Waals surface area (Å²) in [5, 5.41) is 4.92. The minimum atomic E-state index is -4.47. The Morgan fingerprint density at radius 3 is 2.41 bits per heavy atom. The molecule has 0 aliphatic heterocycles. The van der Waals surface area contributed by atoms with E-state index in [0.717, 1.165) is 18.4 Å². The average Bonchev–Trinajstić information content (AvgIpc) is 3.13. The normalized spacial score (nSPS) is 11.1. The molecule has 0 bridgehead atoms. The molecular formula is C13H17N5O7S2. The Morgan fingerprint density at radius 1 is 1.30 bits per heavy atom. The number of carbonyl (C=O) groups excluding carboxylic acids is 2. The first kappa shape index (κ1) is 20.4. The number of aryl methyl sites for hydroxylation is 1. The van der Waals surface area contributed by atoms with E-state index in [0.29, 0.717) is 9.61 Å². The number of aromatic nitrogens is 3. The number of hydrogen-bond donors (Lipinski definition) is 1. The smallest absolute Gasteiger partial charge is 0.391 e. The molecule has 0 fully saturated rings. The SMILES string of the molecule is COc1nn(C(=O)NS(=O)(=O)c2c(C(=O)N(C)C)csc2C)c(=O)n1OC. The van der Waals surface area contributed by atoms with E-state index in [1.54, 1.807) is 4.72 Å². The van der Waals surface area contributed by atoms with Crippen molar-refractivity contribution < 1.29 is 27.6 Å². The van der Waals surface area contributed by atoms with Crippen LogP contribution in [0.3, 0.4) is 0 Å². The third kappa shape index (κ3) is 3.66. The molecule has 0 aliphatic carbocycles. The molecule has 148 valence electrons. The fourth-order valence-electron chi connectivity index (χ4n) is 2.12. The maximum atomic E-state index is 12.7. The zero-order valence-electron chi connectivity index (χ0n) is 15.0. The standard InChI is InChI=1S/C13H17N5O7S2/c1-7-9(8(6-26-7)10(19)16(2)3)27(22,23)15-11(20)17-13(21)18(25-5)12(14-17)24-4/h6H,1-5H3,(H,15,20). The molecule has 0 radical (unpaired) electrons. The molecule has 0 saturated heterocycles. The Balaban J connectivity index is 2.45. The number of methoxy groups -OCH3 is 1.